The van der Waals surface area contributed by atoms with E-state index in [-0.39, 0.29) is 18.2 Å². The Hall–Kier alpha value is -2.37. The first-order valence-electron chi connectivity index (χ1n) is 6.77. The maximum atomic E-state index is 12.2. The van der Waals surface area contributed by atoms with Crippen LogP contribution in [0.2, 0.25) is 0 Å². The molecule has 0 bridgehead atoms. The van der Waals surface area contributed by atoms with E-state index in [0.717, 1.165) is 0 Å². The highest BCUT2D eigenvalue weighted by Crippen LogP contribution is 2.33. The van der Waals surface area contributed by atoms with E-state index >= 15 is 0 Å². The highest BCUT2D eigenvalue weighted by Gasteiger charge is 2.42. The number of rotatable bonds is 3. The Morgan fingerprint density at radius 3 is 2.29 bits per heavy atom. The molecule has 1 fully saturated rings. The number of anilines is 1. The van der Waals surface area contributed by atoms with Gasteiger partial charge in [0, 0.05) is 23.7 Å². The number of aliphatic carboxylic acids is 1. The van der Waals surface area contributed by atoms with Gasteiger partial charge in [-0.3, -0.25) is 14.4 Å². The molecule has 2 rings (SSSR count). The van der Waals surface area contributed by atoms with Crippen molar-refractivity contribution in [1.82, 2.24) is 0 Å². The third kappa shape index (κ3) is 2.74. The summed E-state index contributed by atoms with van der Waals surface area (Å²) in [6, 6.07) is 5.85. The van der Waals surface area contributed by atoms with Crippen LogP contribution in [-0.2, 0) is 9.59 Å². The third-order valence-electron chi connectivity index (χ3n) is 4.02. The minimum Gasteiger partial charge on any atom is -0.481 e. The lowest BCUT2D eigenvalue weighted by Crippen LogP contribution is -2.53. The molecule has 1 aliphatic heterocycles. The van der Waals surface area contributed by atoms with Crippen molar-refractivity contribution in [3.05, 3.63) is 29.8 Å². The Bertz CT molecular complexity index is 582. The molecule has 3 N–H and O–H groups in total. The molecule has 2 amide bonds. The molecule has 1 aromatic carbocycles. The van der Waals surface area contributed by atoms with Crippen molar-refractivity contribution in [2.75, 3.05) is 4.90 Å². The second-order valence-corrected chi connectivity index (χ2v) is 5.46. The second-order valence-electron chi connectivity index (χ2n) is 5.46. The molecule has 3 atom stereocenters. The van der Waals surface area contributed by atoms with Crippen molar-refractivity contribution in [3.63, 3.8) is 0 Å². The van der Waals surface area contributed by atoms with Crippen LogP contribution in [-0.4, -0.2) is 28.9 Å². The molecule has 0 radical (unpaired) electrons. The molecule has 0 spiro atoms. The summed E-state index contributed by atoms with van der Waals surface area (Å²) in [5.74, 6) is -2.37. The lowest BCUT2D eigenvalue weighted by atomic mass is 9.80. The van der Waals surface area contributed by atoms with Crippen LogP contribution >= 0.6 is 0 Å². The van der Waals surface area contributed by atoms with Gasteiger partial charge in [0.05, 0.1) is 5.92 Å². The number of amides is 2. The molecule has 0 saturated carbocycles. The molecule has 21 heavy (non-hydrogen) atoms. The van der Waals surface area contributed by atoms with Crippen molar-refractivity contribution in [3.8, 4) is 0 Å². The number of piperidine rings is 1. The van der Waals surface area contributed by atoms with E-state index in [1.807, 2.05) is 0 Å². The number of hydrogen-bond donors (Lipinski definition) is 2. The van der Waals surface area contributed by atoms with Crippen LogP contribution in [0, 0.1) is 11.8 Å². The van der Waals surface area contributed by atoms with E-state index in [0.29, 0.717) is 11.3 Å². The minimum atomic E-state index is -0.902. The number of carboxylic acids is 1. The summed E-state index contributed by atoms with van der Waals surface area (Å²) in [5, 5.41) is 9.35. The van der Waals surface area contributed by atoms with Crippen LogP contribution in [0.1, 0.15) is 30.6 Å². The Labute approximate surface area is 122 Å². The molecule has 6 heteroatoms. The summed E-state index contributed by atoms with van der Waals surface area (Å²) >= 11 is 0. The Kier molecular flexibility index (Phi) is 3.97. The summed E-state index contributed by atoms with van der Waals surface area (Å²) in [6.07, 6.45) is 0.193. The fourth-order valence-corrected chi connectivity index (χ4v) is 2.98. The predicted octanol–water partition coefficient (Wildman–Crippen LogP) is 1.25. The zero-order chi connectivity index (χ0) is 15.7. The Morgan fingerprint density at radius 2 is 1.81 bits per heavy atom. The third-order valence-corrected chi connectivity index (χ3v) is 4.02. The van der Waals surface area contributed by atoms with E-state index < -0.39 is 23.8 Å². The quantitative estimate of drug-likeness (QED) is 0.874. The first-order chi connectivity index (χ1) is 9.82. The van der Waals surface area contributed by atoms with Gasteiger partial charge in [-0.1, -0.05) is 6.92 Å². The lowest BCUT2D eigenvalue weighted by molar-refractivity contribution is -0.146. The van der Waals surface area contributed by atoms with Crippen LogP contribution in [0.3, 0.4) is 0 Å². The molecule has 1 aromatic rings. The van der Waals surface area contributed by atoms with Crippen molar-refractivity contribution in [2.45, 2.75) is 26.3 Å². The number of hydrogen-bond acceptors (Lipinski definition) is 3. The van der Waals surface area contributed by atoms with Gasteiger partial charge in [-0.15, -0.1) is 0 Å². The van der Waals surface area contributed by atoms with E-state index in [4.69, 9.17) is 5.73 Å². The zero-order valence-corrected chi connectivity index (χ0v) is 11.9. The molecular weight excluding hydrogens is 272 g/mol. The Morgan fingerprint density at radius 1 is 1.24 bits per heavy atom. The van der Waals surface area contributed by atoms with Crippen LogP contribution in [0.25, 0.3) is 0 Å². The molecule has 1 saturated heterocycles. The maximum absolute atomic E-state index is 12.2. The maximum Gasteiger partial charge on any atom is 0.308 e. The molecular formula is C15H18N2O4. The lowest BCUT2D eigenvalue weighted by Gasteiger charge is -2.40. The number of carbonyl (C=O) groups excluding carboxylic acids is 2. The van der Waals surface area contributed by atoms with Gasteiger partial charge >= 0.3 is 5.97 Å². The zero-order valence-electron chi connectivity index (χ0n) is 11.9. The average Bonchev–Trinajstić information content (AvgIpc) is 2.38. The standard InChI is InChI=1S/C15H18N2O4/c1-8-7-12(18)17(9(2)13(8)15(20)21)11-5-3-10(4-6-11)14(16)19/h3-6,8-9,13H,7H2,1-2H3,(H2,16,19)(H,20,21). The first-order valence-corrected chi connectivity index (χ1v) is 6.77. The minimum absolute atomic E-state index is 0.112. The largest absolute Gasteiger partial charge is 0.481 e. The topological polar surface area (TPSA) is 101 Å². The van der Waals surface area contributed by atoms with Crippen LogP contribution < -0.4 is 10.6 Å². The normalized spacial score (nSPS) is 25.7. The van der Waals surface area contributed by atoms with Crippen LogP contribution in [0.4, 0.5) is 5.69 Å². The van der Waals surface area contributed by atoms with Gasteiger partial charge in [0.15, 0.2) is 0 Å². The average molecular weight is 290 g/mol. The summed E-state index contributed by atoms with van der Waals surface area (Å²) in [5.41, 5.74) is 6.11. The van der Waals surface area contributed by atoms with Crippen molar-refractivity contribution in [1.29, 1.82) is 0 Å². The van der Waals surface area contributed by atoms with Crippen molar-refractivity contribution < 1.29 is 19.5 Å². The molecule has 3 unspecified atom stereocenters. The molecule has 0 aromatic heterocycles. The smallest absolute Gasteiger partial charge is 0.308 e. The van der Waals surface area contributed by atoms with Crippen LogP contribution in [0.5, 0.6) is 0 Å². The van der Waals surface area contributed by atoms with Gasteiger partial charge in [0.2, 0.25) is 11.8 Å². The molecule has 1 aliphatic rings. The van der Waals surface area contributed by atoms with E-state index in [2.05, 4.69) is 0 Å². The van der Waals surface area contributed by atoms with Crippen molar-refractivity contribution >= 4 is 23.5 Å². The number of primary amides is 1. The molecule has 0 aliphatic carbocycles. The summed E-state index contributed by atoms with van der Waals surface area (Å²) in [7, 11) is 0. The van der Waals surface area contributed by atoms with E-state index in [1.165, 1.54) is 17.0 Å². The monoisotopic (exact) mass is 290 g/mol. The van der Waals surface area contributed by atoms with Gasteiger partial charge < -0.3 is 15.7 Å². The fourth-order valence-electron chi connectivity index (χ4n) is 2.98. The van der Waals surface area contributed by atoms with E-state index in [9.17, 15) is 19.5 Å². The molecule has 1 heterocycles. The summed E-state index contributed by atoms with van der Waals surface area (Å²) in [6.45, 7) is 3.51. The van der Waals surface area contributed by atoms with Gasteiger partial charge in [0.1, 0.15) is 0 Å². The predicted molar refractivity (Wildman–Crippen MR) is 76.8 cm³/mol. The van der Waals surface area contributed by atoms with Gasteiger partial charge in [0.25, 0.3) is 0 Å². The van der Waals surface area contributed by atoms with Gasteiger partial charge in [-0.25, -0.2) is 0 Å². The van der Waals surface area contributed by atoms with Gasteiger partial charge in [-0.2, -0.15) is 0 Å². The van der Waals surface area contributed by atoms with Crippen LogP contribution in [0.15, 0.2) is 24.3 Å². The summed E-state index contributed by atoms with van der Waals surface area (Å²) in [4.78, 5) is 36.2. The molecule has 6 nitrogen and oxygen atoms in total. The SMILES string of the molecule is CC1CC(=O)N(c2ccc(C(N)=O)cc2)C(C)C1C(=O)O. The number of carboxylic acid groups (broad SMARTS) is 1. The highest BCUT2D eigenvalue weighted by atomic mass is 16.4. The number of benzene rings is 1. The van der Waals surface area contributed by atoms with Crippen molar-refractivity contribution in [2.24, 2.45) is 17.6 Å². The van der Waals surface area contributed by atoms with E-state index in [1.54, 1.807) is 26.0 Å². The summed E-state index contributed by atoms with van der Waals surface area (Å²) < 4.78 is 0. The fraction of sp³-hybridized carbons (Fsp3) is 0.400. The Balaban J connectivity index is 2.34. The first kappa shape index (κ1) is 15.0. The highest BCUT2D eigenvalue weighted by molar-refractivity contribution is 5.98. The number of nitrogens with two attached hydrogens (primary N) is 1. The van der Waals surface area contributed by atoms with Gasteiger partial charge in [-0.05, 0) is 37.1 Å². The number of nitrogens with zero attached hydrogens (tertiary/aromatic N) is 1. The molecule has 112 valence electrons. The number of carbonyl (C=O) groups is 3. The second kappa shape index (κ2) is 5.55.